The number of likely N-dealkylation sites (tertiary alicyclic amines) is 1. The number of piperidine rings is 1. The standard InChI is InChI=1S/C28H35N7O3/c1-28(2,36)19-10-12-33(13-11-19)18-20-8-9-22-24(29-20)25(34-14-16-38-17-15-34)32-26(30-22)35-23-7-5-4-6-21(23)31-27(35)37-3/h4-9,19,36H,10-18H2,1-3H3. The summed E-state index contributed by atoms with van der Waals surface area (Å²) in [4.78, 5) is 24.3. The summed E-state index contributed by atoms with van der Waals surface area (Å²) in [6.45, 7) is 9.28. The lowest BCUT2D eigenvalue weighted by molar-refractivity contribution is -0.0137. The first-order chi connectivity index (χ1) is 18.4. The first kappa shape index (κ1) is 25.0. The Morgan fingerprint density at radius 3 is 2.45 bits per heavy atom. The Kier molecular flexibility index (Phi) is 6.63. The highest BCUT2D eigenvalue weighted by molar-refractivity contribution is 5.87. The van der Waals surface area contributed by atoms with Crippen LogP contribution in [0.1, 0.15) is 32.4 Å². The van der Waals surface area contributed by atoms with E-state index in [1.165, 1.54) is 0 Å². The molecule has 0 atom stereocenters. The fraction of sp³-hybridized carbons (Fsp3) is 0.500. The fourth-order valence-corrected chi connectivity index (χ4v) is 5.57. The fourth-order valence-electron chi connectivity index (χ4n) is 5.57. The normalized spacial score (nSPS) is 17.9. The van der Waals surface area contributed by atoms with Crippen LogP contribution in [0.5, 0.6) is 6.01 Å². The van der Waals surface area contributed by atoms with Gasteiger partial charge in [-0.05, 0) is 70.0 Å². The number of morpholine rings is 1. The van der Waals surface area contributed by atoms with Crippen molar-refractivity contribution in [1.29, 1.82) is 0 Å². The number of aliphatic hydroxyl groups is 1. The summed E-state index contributed by atoms with van der Waals surface area (Å²) < 4.78 is 13.1. The van der Waals surface area contributed by atoms with E-state index in [0.717, 1.165) is 79.1 Å². The molecule has 0 amide bonds. The summed E-state index contributed by atoms with van der Waals surface area (Å²) in [5, 5.41) is 10.4. The zero-order valence-corrected chi connectivity index (χ0v) is 22.3. The van der Waals surface area contributed by atoms with Gasteiger partial charge in [0.15, 0.2) is 5.82 Å². The Morgan fingerprint density at radius 1 is 0.947 bits per heavy atom. The van der Waals surface area contributed by atoms with Crippen molar-refractivity contribution >= 4 is 27.9 Å². The van der Waals surface area contributed by atoms with E-state index < -0.39 is 5.60 Å². The second-order valence-electron chi connectivity index (χ2n) is 10.7. The molecular formula is C28H35N7O3. The maximum Gasteiger partial charge on any atom is 0.304 e. The van der Waals surface area contributed by atoms with Gasteiger partial charge in [0, 0.05) is 19.6 Å². The monoisotopic (exact) mass is 517 g/mol. The quantitative estimate of drug-likeness (QED) is 0.413. The third-order valence-electron chi connectivity index (χ3n) is 7.77. The molecule has 0 aliphatic carbocycles. The summed E-state index contributed by atoms with van der Waals surface area (Å²) in [5.41, 5.74) is 3.65. The molecular weight excluding hydrogens is 482 g/mol. The zero-order valence-electron chi connectivity index (χ0n) is 22.3. The number of anilines is 1. The Balaban J connectivity index is 1.38. The summed E-state index contributed by atoms with van der Waals surface area (Å²) in [5.74, 6) is 1.64. The van der Waals surface area contributed by atoms with E-state index in [1.807, 2.05) is 48.7 Å². The molecule has 2 aliphatic heterocycles. The number of hydrogen-bond acceptors (Lipinski definition) is 9. The molecule has 3 aromatic heterocycles. The van der Waals surface area contributed by atoms with Crippen LogP contribution in [0.3, 0.4) is 0 Å². The number of ether oxygens (including phenoxy) is 2. The van der Waals surface area contributed by atoms with E-state index in [2.05, 4.69) is 20.9 Å². The van der Waals surface area contributed by atoms with E-state index in [-0.39, 0.29) is 0 Å². The second-order valence-corrected chi connectivity index (χ2v) is 10.7. The van der Waals surface area contributed by atoms with Gasteiger partial charge < -0.3 is 19.5 Å². The second kappa shape index (κ2) is 10.1. The number of nitrogens with zero attached hydrogens (tertiary/aromatic N) is 7. The molecule has 200 valence electrons. The molecule has 2 aliphatic rings. The van der Waals surface area contributed by atoms with Crippen LogP contribution in [0.2, 0.25) is 0 Å². The third-order valence-corrected chi connectivity index (χ3v) is 7.77. The van der Waals surface area contributed by atoms with Gasteiger partial charge in [-0.1, -0.05) is 12.1 Å². The van der Waals surface area contributed by atoms with Gasteiger partial charge in [0.05, 0.1) is 48.2 Å². The van der Waals surface area contributed by atoms with Crippen molar-refractivity contribution in [3.05, 3.63) is 42.1 Å². The molecule has 0 radical (unpaired) electrons. The number of pyridine rings is 1. The number of methoxy groups -OCH3 is 1. The van der Waals surface area contributed by atoms with Crippen molar-refractivity contribution < 1.29 is 14.6 Å². The molecule has 0 saturated carbocycles. The number of hydrogen-bond donors (Lipinski definition) is 1. The van der Waals surface area contributed by atoms with Crippen LogP contribution in [0, 0.1) is 5.92 Å². The molecule has 10 nitrogen and oxygen atoms in total. The van der Waals surface area contributed by atoms with Crippen LogP contribution in [0.4, 0.5) is 5.82 Å². The molecule has 2 saturated heterocycles. The summed E-state index contributed by atoms with van der Waals surface area (Å²) in [7, 11) is 1.61. The molecule has 0 unspecified atom stereocenters. The number of imidazole rings is 1. The van der Waals surface area contributed by atoms with Gasteiger partial charge in [-0.25, -0.2) is 14.5 Å². The lowest BCUT2D eigenvalue weighted by Gasteiger charge is -2.37. The van der Waals surface area contributed by atoms with Gasteiger partial charge in [0.25, 0.3) is 0 Å². The number of rotatable bonds is 6. The van der Waals surface area contributed by atoms with Gasteiger partial charge in [-0.3, -0.25) is 4.90 Å². The van der Waals surface area contributed by atoms with Crippen molar-refractivity contribution in [2.24, 2.45) is 5.92 Å². The van der Waals surface area contributed by atoms with Crippen LogP contribution in [-0.4, -0.2) is 86.6 Å². The molecule has 1 aromatic carbocycles. The van der Waals surface area contributed by atoms with Crippen molar-refractivity contribution in [2.75, 3.05) is 51.4 Å². The minimum atomic E-state index is -0.626. The highest BCUT2D eigenvalue weighted by atomic mass is 16.5. The van der Waals surface area contributed by atoms with Crippen LogP contribution >= 0.6 is 0 Å². The molecule has 38 heavy (non-hydrogen) atoms. The highest BCUT2D eigenvalue weighted by Gasteiger charge is 2.30. The molecule has 4 aromatic rings. The topological polar surface area (TPSA) is 102 Å². The summed E-state index contributed by atoms with van der Waals surface area (Å²) >= 11 is 0. The predicted molar refractivity (Wildman–Crippen MR) is 146 cm³/mol. The smallest absolute Gasteiger partial charge is 0.304 e. The lowest BCUT2D eigenvalue weighted by Crippen LogP contribution is -2.41. The van der Waals surface area contributed by atoms with Gasteiger partial charge in [0.2, 0.25) is 5.95 Å². The maximum absolute atomic E-state index is 10.4. The predicted octanol–water partition coefficient (Wildman–Crippen LogP) is 3.19. The molecule has 0 spiro atoms. The van der Waals surface area contributed by atoms with Crippen molar-refractivity contribution in [2.45, 2.75) is 38.8 Å². The first-order valence-electron chi connectivity index (χ1n) is 13.4. The molecule has 0 bridgehead atoms. The van der Waals surface area contributed by atoms with Crippen LogP contribution in [-0.2, 0) is 11.3 Å². The third kappa shape index (κ3) is 4.79. The van der Waals surface area contributed by atoms with Crippen LogP contribution in [0.15, 0.2) is 36.4 Å². The molecule has 6 rings (SSSR count). The Hall–Kier alpha value is -3.34. The van der Waals surface area contributed by atoms with Gasteiger partial charge in [-0.2, -0.15) is 9.97 Å². The Morgan fingerprint density at radius 2 is 1.71 bits per heavy atom. The van der Waals surface area contributed by atoms with Gasteiger partial charge in [-0.15, -0.1) is 0 Å². The number of fused-ring (bicyclic) bond motifs is 2. The molecule has 10 heteroatoms. The summed E-state index contributed by atoms with van der Waals surface area (Å²) in [6.07, 6.45) is 1.98. The maximum atomic E-state index is 10.4. The van der Waals surface area contributed by atoms with Crippen molar-refractivity contribution in [3.63, 3.8) is 0 Å². The van der Waals surface area contributed by atoms with E-state index in [4.69, 9.17) is 24.4 Å². The minimum absolute atomic E-state index is 0.333. The van der Waals surface area contributed by atoms with E-state index in [1.54, 1.807) is 7.11 Å². The molecule has 2 fully saturated rings. The lowest BCUT2D eigenvalue weighted by atomic mass is 9.83. The van der Waals surface area contributed by atoms with Crippen molar-refractivity contribution in [3.8, 4) is 12.0 Å². The highest BCUT2D eigenvalue weighted by Crippen LogP contribution is 2.31. The zero-order chi connectivity index (χ0) is 26.3. The van der Waals surface area contributed by atoms with Crippen LogP contribution < -0.4 is 9.64 Å². The number of para-hydroxylation sites is 2. The SMILES string of the molecule is COc1nc2ccccc2n1-c1nc(N2CCOCC2)c2nc(CN3CCC(C(C)(C)O)CC3)ccc2n1. The van der Waals surface area contributed by atoms with Crippen LogP contribution in [0.25, 0.3) is 28.0 Å². The molecule has 1 N–H and O–H groups in total. The van der Waals surface area contributed by atoms with Crippen molar-refractivity contribution in [1.82, 2.24) is 29.4 Å². The average molecular weight is 518 g/mol. The Bertz CT molecular complexity index is 1430. The van der Waals surface area contributed by atoms with E-state index >= 15 is 0 Å². The minimum Gasteiger partial charge on any atom is -0.468 e. The van der Waals surface area contributed by atoms with E-state index in [0.29, 0.717) is 31.1 Å². The Labute approximate surface area is 222 Å². The van der Waals surface area contributed by atoms with E-state index in [9.17, 15) is 5.11 Å². The number of benzene rings is 1. The van der Waals surface area contributed by atoms with Gasteiger partial charge >= 0.3 is 6.01 Å². The average Bonchev–Trinajstić information content (AvgIpc) is 3.31. The first-order valence-corrected chi connectivity index (χ1v) is 13.4. The molecule has 5 heterocycles. The largest absolute Gasteiger partial charge is 0.468 e. The van der Waals surface area contributed by atoms with Gasteiger partial charge in [0.1, 0.15) is 5.52 Å². The summed E-state index contributed by atoms with van der Waals surface area (Å²) in [6, 6.07) is 12.4. The number of aromatic nitrogens is 5.